The number of nitrogens with zero attached hydrogens (tertiary/aromatic N) is 1. The summed E-state index contributed by atoms with van der Waals surface area (Å²) >= 11 is 0. The lowest BCUT2D eigenvalue weighted by molar-refractivity contribution is -0.322. The van der Waals surface area contributed by atoms with E-state index in [9.17, 15) is 10.2 Å². The minimum atomic E-state index is -1.13. The topological polar surface area (TPSA) is 80.6 Å². The van der Waals surface area contributed by atoms with Crippen LogP contribution in [0.25, 0.3) is 0 Å². The maximum Gasteiger partial charge on any atom is 0.171 e. The van der Waals surface area contributed by atoms with Gasteiger partial charge in [-0.05, 0) is 92.4 Å². The van der Waals surface area contributed by atoms with Gasteiger partial charge in [-0.3, -0.25) is 0 Å². The Balaban J connectivity index is 1.24. The van der Waals surface area contributed by atoms with Gasteiger partial charge in [-0.25, -0.2) is 0 Å². The highest BCUT2D eigenvalue weighted by molar-refractivity contribution is 5.50. The molecule has 5 fully saturated rings. The Kier molecular flexibility index (Phi) is 8.67. The van der Waals surface area contributed by atoms with Gasteiger partial charge in [-0.15, -0.1) is 0 Å². The number of hydrogen-bond acceptors (Lipinski definition) is 7. The van der Waals surface area contributed by atoms with Gasteiger partial charge in [0.1, 0.15) is 12.2 Å². The molecule has 258 valence electrons. The molecule has 1 aromatic carbocycles. The first kappa shape index (κ1) is 33.6. The maximum absolute atomic E-state index is 12.6. The monoisotopic (exact) mass is 647 g/mol. The highest BCUT2D eigenvalue weighted by Gasteiger charge is 2.67. The molecule has 0 aromatic heterocycles. The van der Waals surface area contributed by atoms with Crippen LogP contribution < -0.4 is 4.90 Å². The summed E-state index contributed by atoms with van der Waals surface area (Å²) in [5, 5.41) is 25.2. The fourth-order valence-electron chi connectivity index (χ4n) is 10.3. The number of rotatable bonds is 4. The van der Waals surface area contributed by atoms with Crippen molar-refractivity contribution in [3.63, 3.8) is 0 Å². The molecule has 0 radical (unpaired) electrons. The van der Waals surface area contributed by atoms with Gasteiger partial charge in [-0.1, -0.05) is 57.2 Å². The number of anilines is 1. The summed E-state index contributed by atoms with van der Waals surface area (Å²) in [6, 6.07) is 8.94. The van der Waals surface area contributed by atoms with Crippen LogP contribution in [0.4, 0.5) is 5.69 Å². The molecule has 4 aliphatic carbocycles. The molecular weight excluding hydrogens is 590 g/mol. The predicted molar refractivity (Wildman–Crippen MR) is 183 cm³/mol. The van der Waals surface area contributed by atoms with E-state index in [0.29, 0.717) is 26.1 Å². The summed E-state index contributed by atoms with van der Waals surface area (Å²) in [4.78, 5) is 2.13. The number of fused-ring (bicyclic) bond motifs is 4. The van der Waals surface area contributed by atoms with E-state index in [0.717, 1.165) is 63.7 Å². The van der Waals surface area contributed by atoms with Gasteiger partial charge in [0.25, 0.3) is 0 Å². The number of hydrogen-bond donors (Lipinski definition) is 2. The Morgan fingerprint density at radius 1 is 1.00 bits per heavy atom. The van der Waals surface area contributed by atoms with E-state index >= 15 is 0 Å². The molecule has 2 aliphatic heterocycles. The van der Waals surface area contributed by atoms with Crippen LogP contribution in [0.5, 0.6) is 0 Å². The molecule has 7 nitrogen and oxygen atoms in total. The molecular formula is C40H57NO6. The van der Waals surface area contributed by atoms with Crippen LogP contribution in [0, 0.1) is 40.4 Å². The van der Waals surface area contributed by atoms with Crippen LogP contribution in [-0.2, 0) is 18.9 Å². The van der Waals surface area contributed by atoms with Crippen LogP contribution in [0.2, 0.25) is 0 Å². The van der Waals surface area contributed by atoms with E-state index in [4.69, 9.17) is 18.9 Å². The zero-order valence-corrected chi connectivity index (χ0v) is 29.6. The molecule has 0 amide bonds. The first-order valence-electron chi connectivity index (χ1n) is 18.2. The number of ether oxygens (including phenoxy) is 4. The molecule has 2 heterocycles. The molecule has 1 spiro atoms. The highest BCUT2D eigenvalue weighted by Crippen LogP contribution is 2.69. The number of benzene rings is 1. The van der Waals surface area contributed by atoms with E-state index in [-0.39, 0.29) is 42.0 Å². The van der Waals surface area contributed by atoms with Gasteiger partial charge in [0.05, 0.1) is 18.8 Å². The molecule has 47 heavy (non-hydrogen) atoms. The molecule has 7 rings (SSSR count). The Hall–Kier alpha value is -1.92. The minimum Gasteiger partial charge on any atom is -0.385 e. The van der Waals surface area contributed by atoms with Gasteiger partial charge in [0.15, 0.2) is 12.1 Å². The van der Waals surface area contributed by atoms with Crippen molar-refractivity contribution in [2.24, 2.45) is 28.6 Å². The number of aliphatic hydroxyl groups is 2. The summed E-state index contributed by atoms with van der Waals surface area (Å²) in [5.74, 6) is 6.63. The maximum atomic E-state index is 12.6. The lowest BCUT2D eigenvalue weighted by Gasteiger charge is -2.58. The lowest BCUT2D eigenvalue weighted by Crippen LogP contribution is -2.58. The lowest BCUT2D eigenvalue weighted by atomic mass is 9.49. The summed E-state index contributed by atoms with van der Waals surface area (Å²) in [5.41, 5.74) is 2.56. The van der Waals surface area contributed by atoms with Crippen molar-refractivity contribution in [1.29, 1.82) is 0 Å². The van der Waals surface area contributed by atoms with Crippen molar-refractivity contribution in [2.45, 2.75) is 121 Å². The molecule has 1 unspecified atom stereocenters. The first-order chi connectivity index (χ1) is 22.3. The smallest absolute Gasteiger partial charge is 0.171 e. The Labute approximate surface area is 282 Å². The van der Waals surface area contributed by atoms with E-state index in [2.05, 4.69) is 82.8 Å². The fraction of sp³-hybridized carbons (Fsp3) is 0.750. The molecule has 3 saturated carbocycles. The van der Waals surface area contributed by atoms with Crippen LogP contribution in [0.1, 0.15) is 103 Å². The van der Waals surface area contributed by atoms with Crippen molar-refractivity contribution >= 4 is 5.69 Å². The van der Waals surface area contributed by atoms with Crippen molar-refractivity contribution < 1.29 is 29.2 Å². The summed E-state index contributed by atoms with van der Waals surface area (Å²) in [6.07, 6.45) is 8.24. The zero-order valence-electron chi connectivity index (χ0n) is 29.6. The third-order valence-electron chi connectivity index (χ3n) is 13.0. The molecule has 1 aromatic rings. The normalized spacial score (nSPS) is 40.6. The largest absolute Gasteiger partial charge is 0.385 e. The summed E-state index contributed by atoms with van der Waals surface area (Å²) < 4.78 is 24.6. The third-order valence-corrected chi connectivity index (χ3v) is 13.0. The zero-order chi connectivity index (χ0) is 33.2. The third kappa shape index (κ3) is 5.79. The number of allylic oxidation sites excluding steroid dienone is 1. The van der Waals surface area contributed by atoms with Gasteiger partial charge in [-0.2, -0.15) is 0 Å². The minimum absolute atomic E-state index is 0.0173. The Bertz CT molecular complexity index is 1410. The van der Waals surface area contributed by atoms with E-state index in [1.807, 2.05) is 0 Å². The molecule has 6 aliphatic rings. The second kappa shape index (κ2) is 12.1. The average molecular weight is 648 g/mol. The van der Waals surface area contributed by atoms with Gasteiger partial charge >= 0.3 is 0 Å². The molecule has 0 bridgehead atoms. The fourth-order valence-corrected chi connectivity index (χ4v) is 10.3. The van der Waals surface area contributed by atoms with Gasteiger partial charge < -0.3 is 34.1 Å². The van der Waals surface area contributed by atoms with Crippen LogP contribution in [0.15, 0.2) is 35.4 Å². The van der Waals surface area contributed by atoms with Crippen molar-refractivity contribution in [3.8, 4) is 11.8 Å². The van der Waals surface area contributed by atoms with E-state index in [1.165, 1.54) is 16.7 Å². The molecule has 2 saturated heterocycles. The van der Waals surface area contributed by atoms with Gasteiger partial charge in [0, 0.05) is 56.0 Å². The summed E-state index contributed by atoms with van der Waals surface area (Å²) in [6.45, 7) is 11.1. The van der Waals surface area contributed by atoms with Crippen molar-refractivity contribution in [1.82, 2.24) is 0 Å². The molecule has 2 N–H and O–H groups in total. The molecule has 8 atom stereocenters. The Morgan fingerprint density at radius 3 is 2.43 bits per heavy atom. The second-order valence-electron chi connectivity index (χ2n) is 17.0. The predicted octanol–water partition coefficient (Wildman–Crippen LogP) is 6.57. The first-order valence-corrected chi connectivity index (χ1v) is 18.2. The van der Waals surface area contributed by atoms with E-state index < -0.39 is 22.4 Å². The van der Waals surface area contributed by atoms with Crippen LogP contribution >= 0.6 is 0 Å². The van der Waals surface area contributed by atoms with Crippen molar-refractivity contribution in [3.05, 3.63) is 41.0 Å². The summed E-state index contributed by atoms with van der Waals surface area (Å²) in [7, 11) is 4.14. The van der Waals surface area contributed by atoms with Crippen LogP contribution in [-0.4, -0.2) is 74.0 Å². The van der Waals surface area contributed by atoms with Gasteiger partial charge in [0.2, 0.25) is 0 Å². The SMILES string of the molecule is C[C@@H]1C[C@H]2[C@@H]3CC[C@@]4(O)CC5(CCC4=C3[C@@H](c3ccc(N(C)C)cc3)C[C@]2(C)[C@]1(O)C#CCOC1CCCCO1)OCC(C)(C)CO5. The molecule has 7 heteroatoms. The average Bonchev–Trinajstić information content (AvgIpc) is 3.25. The van der Waals surface area contributed by atoms with Crippen LogP contribution in [0.3, 0.4) is 0 Å². The standard InChI is InChI=1S/C40H57NO6/c1-27-22-33-30-15-18-38(42)24-39(46-25-36(2,3)26-47-39)19-16-32(38)35(30)31(28-11-13-29(14-12-28)41(5)6)23-37(33,4)40(27,43)17-9-21-45-34-10-7-8-20-44-34/h11-14,27,30-31,33-34,42-43H,7-8,10,15-16,18-26H2,1-6H3/t27-,30+,31-,33+,34?,37+,38-,40+/m1/s1. The quantitative estimate of drug-likeness (QED) is 0.283. The second-order valence-corrected chi connectivity index (χ2v) is 17.0. The Morgan fingerprint density at radius 2 is 1.74 bits per heavy atom. The highest BCUT2D eigenvalue weighted by atomic mass is 16.7. The van der Waals surface area contributed by atoms with Crippen molar-refractivity contribution in [2.75, 3.05) is 45.4 Å². The van der Waals surface area contributed by atoms with E-state index in [1.54, 1.807) is 0 Å².